The van der Waals surface area contributed by atoms with Crippen LogP contribution in [-0.2, 0) is 23.8 Å². The van der Waals surface area contributed by atoms with Gasteiger partial charge in [-0.15, -0.1) is 0 Å². The molecular weight excluding hydrogens is 444 g/mol. The predicted octanol–water partition coefficient (Wildman–Crippen LogP) is 6.23. The van der Waals surface area contributed by atoms with Crippen LogP contribution in [0, 0.1) is 6.92 Å². The van der Waals surface area contributed by atoms with E-state index < -0.39 is 16.2 Å². The summed E-state index contributed by atoms with van der Waals surface area (Å²) in [5.41, 5.74) is 0.994. The first-order valence-corrected chi connectivity index (χ1v) is 13.9. The van der Waals surface area contributed by atoms with E-state index in [1.165, 1.54) is 26.4 Å². The Bertz CT molecular complexity index is 798. The molecule has 5 nitrogen and oxygen atoms in total. The Morgan fingerprint density at radius 1 is 1.06 bits per heavy atom. The summed E-state index contributed by atoms with van der Waals surface area (Å²) in [7, 11) is -2.45. The summed E-state index contributed by atoms with van der Waals surface area (Å²) in [6.45, 7) is 4.11. The van der Waals surface area contributed by atoms with Crippen molar-refractivity contribution in [2.24, 2.45) is 0 Å². The maximum absolute atomic E-state index is 12.7. The Hall–Kier alpha value is -1.57. The first kappa shape index (κ1) is 28.5. The number of allylic oxidation sites excluding steroid dienone is 3. The van der Waals surface area contributed by atoms with Gasteiger partial charge < -0.3 is 4.74 Å². The van der Waals surface area contributed by atoms with Gasteiger partial charge in [0.05, 0.1) is 24.5 Å². The number of rotatable bonds is 17. The maximum atomic E-state index is 12.7. The zero-order valence-corrected chi connectivity index (χ0v) is 21.3. The number of carbonyl (C=O) groups excluding carboxylic acids is 1. The van der Waals surface area contributed by atoms with Crippen LogP contribution in [0.3, 0.4) is 0 Å². The molecule has 7 heteroatoms. The van der Waals surface area contributed by atoms with E-state index in [0.29, 0.717) is 30.8 Å². The molecular formula is C25H38O5S2. The number of thioether (sulfide) groups is 1. The number of benzene rings is 1. The van der Waals surface area contributed by atoms with E-state index in [0.717, 1.165) is 18.4 Å². The highest BCUT2D eigenvalue weighted by Crippen LogP contribution is 2.20. The summed E-state index contributed by atoms with van der Waals surface area (Å²) in [4.78, 5) is 11.4. The molecule has 0 fully saturated rings. The van der Waals surface area contributed by atoms with Crippen molar-refractivity contribution in [3.63, 3.8) is 0 Å². The molecule has 32 heavy (non-hydrogen) atoms. The minimum atomic E-state index is -3.83. The van der Waals surface area contributed by atoms with E-state index in [9.17, 15) is 13.2 Å². The van der Waals surface area contributed by atoms with Crippen LogP contribution in [-0.4, -0.2) is 39.1 Å². The summed E-state index contributed by atoms with van der Waals surface area (Å²) in [5.74, 6) is 1.11. The molecule has 1 atom stereocenters. The number of carbonyl (C=O) groups is 1. The van der Waals surface area contributed by atoms with Crippen LogP contribution in [0.4, 0.5) is 0 Å². The fourth-order valence-corrected chi connectivity index (χ4v) is 4.93. The zero-order valence-electron chi connectivity index (χ0n) is 19.6. The number of unbranched alkanes of at least 4 members (excludes halogenated alkanes) is 3. The lowest BCUT2D eigenvalue weighted by Gasteiger charge is -2.16. The Labute approximate surface area is 198 Å². The fraction of sp³-hybridized carbons (Fsp3) is 0.560. The third-order valence-corrected chi connectivity index (χ3v) is 7.21. The van der Waals surface area contributed by atoms with Gasteiger partial charge in [0.15, 0.2) is 0 Å². The van der Waals surface area contributed by atoms with E-state index >= 15 is 0 Å². The van der Waals surface area contributed by atoms with Gasteiger partial charge in [-0.2, -0.15) is 20.2 Å². The number of ether oxygens (including phenoxy) is 1. The molecule has 1 rings (SSSR count). The molecule has 0 radical (unpaired) electrons. The van der Waals surface area contributed by atoms with Gasteiger partial charge in [-0.05, 0) is 56.9 Å². The van der Waals surface area contributed by atoms with Gasteiger partial charge in [-0.3, -0.25) is 8.98 Å². The molecule has 0 aromatic heterocycles. The minimum absolute atomic E-state index is 0.172. The lowest BCUT2D eigenvalue weighted by atomic mass is 10.1. The van der Waals surface area contributed by atoms with Crippen LogP contribution in [0.2, 0.25) is 0 Å². The molecule has 1 unspecified atom stereocenters. The van der Waals surface area contributed by atoms with E-state index in [-0.39, 0.29) is 10.9 Å². The average Bonchev–Trinajstić information content (AvgIpc) is 2.77. The quantitative estimate of drug-likeness (QED) is 0.113. The molecule has 0 aliphatic heterocycles. The Morgan fingerprint density at radius 2 is 1.78 bits per heavy atom. The van der Waals surface area contributed by atoms with Gasteiger partial charge in [0, 0.05) is 5.75 Å². The molecule has 1 aromatic rings. The van der Waals surface area contributed by atoms with E-state index in [2.05, 4.69) is 29.9 Å². The SMILES string of the molecule is CCCCC/C=C\C/C=C\CC(CCSCCC(=O)OC)OS(=O)(=O)c1ccc(C)cc1. The summed E-state index contributed by atoms with van der Waals surface area (Å²) >= 11 is 1.59. The van der Waals surface area contributed by atoms with Crippen LogP contribution < -0.4 is 0 Å². The Kier molecular flexibility index (Phi) is 15.1. The third-order valence-electron chi connectivity index (χ3n) is 4.81. The second-order valence-corrected chi connectivity index (χ2v) is 10.4. The van der Waals surface area contributed by atoms with E-state index in [1.54, 1.807) is 36.0 Å². The smallest absolute Gasteiger partial charge is 0.306 e. The van der Waals surface area contributed by atoms with Gasteiger partial charge in [-0.1, -0.05) is 61.8 Å². The Balaban J connectivity index is 2.60. The standard InChI is InChI=1S/C25H38O5S2/c1-4-5-6-7-8-9-10-11-12-13-23(18-20-31-21-19-25(26)29-3)30-32(27,28)24-16-14-22(2)15-17-24/h8-9,11-12,14-17,23H,4-7,10,13,18-21H2,1-3H3/b9-8-,12-11-. The fourth-order valence-electron chi connectivity index (χ4n) is 2.87. The minimum Gasteiger partial charge on any atom is -0.469 e. The second kappa shape index (κ2) is 17.0. The normalized spacial score (nSPS) is 13.1. The predicted molar refractivity (Wildman–Crippen MR) is 133 cm³/mol. The average molecular weight is 483 g/mol. The van der Waals surface area contributed by atoms with Crippen molar-refractivity contribution in [3.05, 3.63) is 54.1 Å². The van der Waals surface area contributed by atoms with Crippen LogP contribution in [0.15, 0.2) is 53.5 Å². The van der Waals surface area contributed by atoms with Gasteiger partial charge in [-0.25, -0.2) is 0 Å². The van der Waals surface area contributed by atoms with Crippen molar-refractivity contribution in [2.75, 3.05) is 18.6 Å². The number of methoxy groups -OCH3 is 1. The number of hydrogen-bond acceptors (Lipinski definition) is 6. The molecule has 0 aliphatic carbocycles. The summed E-state index contributed by atoms with van der Waals surface area (Å²) in [6.07, 6.45) is 15.0. The van der Waals surface area contributed by atoms with E-state index in [4.69, 9.17) is 4.18 Å². The number of aryl methyl sites for hydroxylation is 1. The largest absolute Gasteiger partial charge is 0.469 e. The molecule has 0 spiro atoms. The molecule has 0 bridgehead atoms. The third kappa shape index (κ3) is 13.1. The van der Waals surface area contributed by atoms with Gasteiger partial charge in [0.1, 0.15) is 0 Å². The molecule has 0 aliphatic rings. The highest BCUT2D eigenvalue weighted by atomic mass is 32.2. The summed E-state index contributed by atoms with van der Waals surface area (Å²) < 4.78 is 35.6. The Morgan fingerprint density at radius 3 is 2.47 bits per heavy atom. The van der Waals surface area contributed by atoms with Crippen molar-refractivity contribution < 1.29 is 22.1 Å². The topological polar surface area (TPSA) is 69.7 Å². The molecule has 0 amide bonds. The highest BCUT2D eigenvalue weighted by Gasteiger charge is 2.21. The summed E-state index contributed by atoms with van der Waals surface area (Å²) in [6, 6.07) is 6.68. The first-order valence-electron chi connectivity index (χ1n) is 11.3. The molecule has 180 valence electrons. The van der Waals surface area contributed by atoms with Gasteiger partial charge in [0.25, 0.3) is 10.1 Å². The van der Waals surface area contributed by atoms with Gasteiger partial charge >= 0.3 is 5.97 Å². The van der Waals surface area contributed by atoms with Crippen LogP contribution >= 0.6 is 11.8 Å². The lowest BCUT2D eigenvalue weighted by Crippen LogP contribution is -2.19. The van der Waals surface area contributed by atoms with Crippen molar-refractivity contribution >= 4 is 27.8 Å². The molecule has 0 saturated carbocycles. The highest BCUT2D eigenvalue weighted by molar-refractivity contribution is 7.99. The molecule has 0 saturated heterocycles. The first-order chi connectivity index (χ1) is 15.4. The second-order valence-electron chi connectivity index (χ2n) is 7.62. The molecule has 0 heterocycles. The van der Waals surface area contributed by atoms with Crippen molar-refractivity contribution in [2.45, 2.75) is 76.2 Å². The molecule has 1 aromatic carbocycles. The zero-order chi connectivity index (χ0) is 23.7. The number of esters is 1. The van der Waals surface area contributed by atoms with Crippen molar-refractivity contribution in [1.82, 2.24) is 0 Å². The van der Waals surface area contributed by atoms with Crippen LogP contribution in [0.1, 0.15) is 63.9 Å². The monoisotopic (exact) mass is 482 g/mol. The van der Waals surface area contributed by atoms with Crippen molar-refractivity contribution in [3.8, 4) is 0 Å². The maximum Gasteiger partial charge on any atom is 0.306 e. The summed E-state index contributed by atoms with van der Waals surface area (Å²) in [5, 5.41) is 0. The number of hydrogen-bond donors (Lipinski definition) is 0. The lowest BCUT2D eigenvalue weighted by molar-refractivity contribution is -0.140. The van der Waals surface area contributed by atoms with Crippen LogP contribution in [0.5, 0.6) is 0 Å². The van der Waals surface area contributed by atoms with E-state index in [1.807, 2.05) is 13.0 Å². The molecule has 0 N–H and O–H groups in total. The van der Waals surface area contributed by atoms with Gasteiger partial charge in [0.2, 0.25) is 0 Å². The van der Waals surface area contributed by atoms with Crippen molar-refractivity contribution in [1.29, 1.82) is 0 Å². The van der Waals surface area contributed by atoms with Crippen LogP contribution in [0.25, 0.3) is 0 Å².